The molecule has 2 rings (SSSR count). The zero-order valence-electron chi connectivity index (χ0n) is 14.5. The third-order valence-corrected chi connectivity index (χ3v) is 5.19. The standard InChI is InChI=1S/C17H29N3O2S/c1-17(2,3)14-12-23-15(19-14)7-9-18-16(22)20-10-5-4-6-13(20)8-11-21/h12-13,21H,4-11H2,1-3H3,(H,18,22). The molecule has 0 saturated carbocycles. The third-order valence-electron chi connectivity index (χ3n) is 4.29. The van der Waals surface area contributed by atoms with Crippen molar-refractivity contribution in [1.29, 1.82) is 0 Å². The summed E-state index contributed by atoms with van der Waals surface area (Å²) < 4.78 is 0. The van der Waals surface area contributed by atoms with Gasteiger partial charge in [0.25, 0.3) is 0 Å². The molecule has 0 bridgehead atoms. The summed E-state index contributed by atoms with van der Waals surface area (Å²) in [4.78, 5) is 18.9. The number of hydrogen-bond acceptors (Lipinski definition) is 4. The van der Waals surface area contributed by atoms with Crippen LogP contribution in [0.25, 0.3) is 0 Å². The summed E-state index contributed by atoms with van der Waals surface area (Å²) in [5.74, 6) is 0. The first kappa shape index (κ1) is 18.2. The van der Waals surface area contributed by atoms with Crippen LogP contribution in [0.4, 0.5) is 4.79 Å². The number of carbonyl (C=O) groups excluding carboxylic acids is 1. The summed E-state index contributed by atoms with van der Waals surface area (Å²) in [6, 6.07) is 0.178. The molecule has 0 radical (unpaired) electrons. The van der Waals surface area contributed by atoms with Crippen molar-refractivity contribution in [3.8, 4) is 0 Å². The van der Waals surface area contributed by atoms with E-state index in [4.69, 9.17) is 5.11 Å². The van der Waals surface area contributed by atoms with E-state index in [-0.39, 0.29) is 24.1 Å². The van der Waals surface area contributed by atoms with Crippen molar-refractivity contribution < 1.29 is 9.90 Å². The number of aromatic nitrogens is 1. The van der Waals surface area contributed by atoms with Crippen LogP contribution in [0.2, 0.25) is 0 Å². The van der Waals surface area contributed by atoms with E-state index in [0.29, 0.717) is 13.0 Å². The number of thiazole rings is 1. The average Bonchev–Trinajstić information content (AvgIpc) is 2.97. The maximum absolute atomic E-state index is 12.4. The summed E-state index contributed by atoms with van der Waals surface area (Å²) in [6.07, 6.45) is 4.63. The first-order chi connectivity index (χ1) is 10.9. The number of carbonyl (C=O) groups is 1. The Hall–Kier alpha value is -1.14. The van der Waals surface area contributed by atoms with Crippen molar-refractivity contribution in [3.05, 3.63) is 16.1 Å². The van der Waals surface area contributed by atoms with Crippen molar-refractivity contribution in [1.82, 2.24) is 15.2 Å². The van der Waals surface area contributed by atoms with Gasteiger partial charge in [0, 0.05) is 43.0 Å². The Morgan fingerprint density at radius 2 is 2.26 bits per heavy atom. The van der Waals surface area contributed by atoms with Crippen molar-refractivity contribution in [2.75, 3.05) is 19.7 Å². The third kappa shape index (κ3) is 5.18. The quantitative estimate of drug-likeness (QED) is 0.867. The molecule has 1 aliphatic heterocycles. The topological polar surface area (TPSA) is 65.5 Å². The first-order valence-electron chi connectivity index (χ1n) is 8.52. The van der Waals surface area contributed by atoms with Crippen LogP contribution < -0.4 is 5.32 Å². The number of nitrogens with one attached hydrogen (secondary N) is 1. The predicted octanol–water partition coefficient (Wildman–Crippen LogP) is 2.93. The largest absolute Gasteiger partial charge is 0.396 e. The van der Waals surface area contributed by atoms with E-state index in [1.165, 1.54) is 0 Å². The van der Waals surface area contributed by atoms with Gasteiger partial charge in [0.15, 0.2) is 0 Å². The maximum atomic E-state index is 12.4. The second kappa shape index (κ2) is 8.11. The number of amides is 2. The fourth-order valence-corrected chi connectivity index (χ4v) is 3.89. The molecule has 130 valence electrons. The molecule has 2 N–H and O–H groups in total. The fourth-order valence-electron chi connectivity index (χ4n) is 2.87. The van der Waals surface area contributed by atoms with Gasteiger partial charge in [0.2, 0.25) is 0 Å². The minimum atomic E-state index is -0.00393. The second-order valence-electron chi connectivity index (χ2n) is 7.21. The highest BCUT2D eigenvalue weighted by atomic mass is 32.1. The zero-order chi connectivity index (χ0) is 16.9. The molecule has 2 heterocycles. The lowest BCUT2D eigenvalue weighted by atomic mass is 9.93. The molecule has 0 spiro atoms. The van der Waals surface area contributed by atoms with E-state index < -0.39 is 0 Å². The monoisotopic (exact) mass is 339 g/mol. The number of nitrogens with zero attached hydrogens (tertiary/aromatic N) is 2. The van der Waals surface area contributed by atoms with Gasteiger partial charge in [-0.15, -0.1) is 11.3 Å². The van der Waals surface area contributed by atoms with Crippen molar-refractivity contribution >= 4 is 17.4 Å². The minimum absolute atomic E-state index is 0.00393. The molecule has 1 atom stereocenters. The van der Waals surface area contributed by atoms with Gasteiger partial charge in [-0.05, 0) is 25.7 Å². The van der Waals surface area contributed by atoms with Crippen LogP contribution in [0.3, 0.4) is 0 Å². The summed E-state index contributed by atoms with van der Waals surface area (Å²) in [5.41, 5.74) is 1.19. The molecule has 2 amide bonds. The fraction of sp³-hybridized carbons (Fsp3) is 0.765. The highest BCUT2D eigenvalue weighted by Crippen LogP contribution is 2.24. The van der Waals surface area contributed by atoms with E-state index in [1.54, 1.807) is 11.3 Å². The Morgan fingerprint density at radius 1 is 1.48 bits per heavy atom. The molecule has 1 aromatic heterocycles. The van der Waals surface area contributed by atoms with E-state index in [2.05, 4.69) is 36.5 Å². The molecule has 1 aliphatic rings. The van der Waals surface area contributed by atoms with Gasteiger partial charge in [-0.1, -0.05) is 20.8 Å². The molecular weight excluding hydrogens is 310 g/mol. The summed E-state index contributed by atoms with van der Waals surface area (Å²) in [5, 5.41) is 15.3. The lowest BCUT2D eigenvalue weighted by Crippen LogP contribution is -2.49. The van der Waals surface area contributed by atoms with Crippen molar-refractivity contribution in [2.45, 2.75) is 64.3 Å². The normalized spacial score (nSPS) is 19.0. The number of rotatable bonds is 5. The second-order valence-corrected chi connectivity index (χ2v) is 8.16. The Morgan fingerprint density at radius 3 is 2.91 bits per heavy atom. The van der Waals surface area contributed by atoms with Gasteiger partial charge >= 0.3 is 6.03 Å². The Bertz CT molecular complexity index is 508. The number of hydrogen-bond donors (Lipinski definition) is 2. The summed E-state index contributed by atoms with van der Waals surface area (Å²) in [7, 11) is 0. The molecule has 1 aromatic rings. The van der Waals surface area contributed by atoms with Crippen molar-refractivity contribution in [3.63, 3.8) is 0 Å². The molecule has 1 saturated heterocycles. The number of likely N-dealkylation sites (tertiary alicyclic amines) is 1. The van der Waals surface area contributed by atoms with Gasteiger partial charge in [-0.2, -0.15) is 0 Å². The van der Waals surface area contributed by atoms with Gasteiger partial charge in [-0.25, -0.2) is 9.78 Å². The van der Waals surface area contributed by atoms with E-state index in [9.17, 15) is 4.79 Å². The van der Waals surface area contributed by atoms with Gasteiger partial charge in [0.05, 0.1) is 10.7 Å². The SMILES string of the molecule is CC(C)(C)c1csc(CCNC(=O)N2CCCCC2CCO)n1. The van der Waals surface area contributed by atoms with Gasteiger partial charge in [-0.3, -0.25) is 0 Å². The van der Waals surface area contributed by atoms with Crippen LogP contribution in [-0.4, -0.2) is 46.8 Å². The van der Waals surface area contributed by atoms with Crippen LogP contribution in [0.15, 0.2) is 5.38 Å². The lowest BCUT2D eigenvalue weighted by molar-refractivity contribution is 0.132. The zero-order valence-corrected chi connectivity index (χ0v) is 15.3. The molecule has 0 aliphatic carbocycles. The minimum Gasteiger partial charge on any atom is -0.396 e. The average molecular weight is 340 g/mol. The van der Waals surface area contributed by atoms with Gasteiger partial charge in [0.1, 0.15) is 0 Å². The Kier molecular flexibility index (Phi) is 6.41. The number of aliphatic hydroxyl groups excluding tert-OH is 1. The summed E-state index contributed by atoms with van der Waals surface area (Å²) in [6.45, 7) is 8.02. The van der Waals surface area contributed by atoms with Crippen molar-refractivity contribution in [2.24, 2.45) is 0 Å². The summed E-state index contributed by atoms with van der Waals surface area (Å²) >= 11 is 1.66. The van der Waals surface area contributed by atoms with Crippen LogP contribution in [0.5, 0.6) is 0 Å². The Labute approximate surface area is 143 Å². The Balaban J connectivity index is 1.81. The van der Waals surface area contributed by atoms with Crippen LogP contribution in [-0.2, 0) is 11.8 Å². The number of aliphatic hydroxyl groups is 1. The van der Waals surface area contributed by atoms with Crippen LogP contribution in [0, 0.1) is 0 Å². The smallest absolute Gasteiger partial charge is 0.317 e. The molecule has 6 heteroatoms. The van der Waals surface area contributed by atoms with E-state index >= 15 is 0 Å². The predicted molar refractivity (Wildman–Crippen MR) is 94.0 cm³/mol. The number of urea groups is 1. The maximum Gasteiger partial charge on any atom is 0.317 e. The molecule has 0 aromatic carbocycles. The highest BCUT2D eigenvalue weighted by Gasteiger charge is 2.26. The molecule has 5 nitrogen and oxygen atoms in total. The molecule has 23 heavy (non-hydrogen) atoms. The molecular formula is C17H29N3O2S. The molecule has 1 unspecified atom stereocenters. The van der Waals surface area contributed by atoms with E-state index in [0.717, 1.165) is 42.9 Å². The lowest BCUT2D eigenvalue weighted by Gasteiger charge is -2.35. The van der Waals surface area contributed by atoms with Crippen LogP contribution in [0.1, 0.15) is 57.2 Å². The molecule has 1 fully saturated rings. The number of piperidine rings is 1. The van der Waals surface area contributed by atoms with Crippen LogP contribution >= 0.6 is 11.3 Å². The first-order valence-corrected chi connectivity index (χ1v) is 9.40. The van der Waals surface area contributed by atoms with Gasteiger partial charge < -0.3 is 15.3 Å². The highest BCUT2D eigenvalue weighted by molar-refractivity contribution is 7.09. The van der Waals surface area contributed by atoms with E-state index in [1.807, 2.05) is 4.90 Å².